The molecule has 0 aliphatic rings. The van der Waals surface area contributed by atoms with E-state index in [9.17, 15) is 4.79 Å². The van der Waals surface area contributed by atoms with E-state index in [1.807, 2.05) is 0 Å². The molecular weight excluding hydrogens is 322 g/mol. The van der Waals surface area contributed by atoms with Gasteiger partial charge in [-0.2, -0.15) is 25.3 Å². The first-order valence-corrected chi connectivity index (χ1v) is 11.0. The predicted octanol–water partition coefficient (Wildman–Crippen LogP) is 5.81. The van der Waals surface area contributed by atoms with Gasteiger partial charge in [0.05, 0.1) is 0 Å². The first-order chi connectivity index (χ1) is 11.2. The molecule has 0 aromatic carbocycles. The van der Waals surface area contributed by atoms with Crippen LogP contribution in [-0.4, -0.2) is 23.5 Å². The molecule has 0 unspecified atom stereocenters. The lowest BCUT2D eigenvalue weighted by Gasteiger charge is -2.13. The molecule has 0 aromatic rings. The average Bonchev–Trinajstić information content (AvgIpc) is 2.56. The predicted molar refractivity (Wildman–Crippen MR) is 110 cm³/mol. The van der Waals surface area contributed by atoms with Gasteiger partial charge in [-0.3, -0.25) is 4.79 Å². The van der Waals surface area contributed by atoms with Crippen LogP contribution < -0.4 is 5.32 Å². The van der Waals surface area contributed by atoms with Crippen LogP contribution in [0.25, 0.3) is 0 Å². The molecule has 2 nitrogen and oxygen atoms in total. The zero-order valence-electron chi connectivity index (χ0n) is 15.2. The smallest absolute Gasteiger partial charge is 0.220 e. The van der Waals surface area contributed by atoms with Crippen molar-refractivity contribution >= 4 is 31.2 Å². The quantitative estimate of drug-likeness (QED) is 0.221. The Morgan fingerprint density at radius 3 is 1.52 bits per heavy atom. The van der Waals surface area contributed by atoms with Crippen LogP contribution in [0.2, 0.25) is 0 Å². The number of amides is 1. The summed E-state index contributed by atoms with van der Waals surface area (Å²) in [4.78, 5) is 11.7. The van der Waals surface area contributed by atoms with Crippen molar-refractivity contribution in [3.63, 3.8) is 0 Å². The topological polar surface area (TPSA) is 29.1 Å². The van der Waals surface area contributed by atoms with E-state index >= 15 is 0 Å². The molecule has 0 fully saturated rings. The Kier molecular flexibility index (Phi) is 18.6. The molecule has 0 rings (SSSR count). The maximum atomic E-state index is 11.7. The van der Waals surface area contributed by atoms with E-state index < -0.39 is 0 Å². The number of hydrogen-bond acceptors (Lipinski definition) is 3. The summed E-state index contributed by atoms with van der Waals surface area (Å²) in [5, 5.41) is 2.97. The van der Waals surface area contributed by atoms with Crippen molar-refractivity contribution in [3.8, 4) is 0 Å². The third-order valence-electron chi connectivity index (χ3n) is 4.31. The summed E-state index contributed by atoms with van der Waals surface area (Å²) in [6.07, 6.45) is 18.0. The van der Waals surface area contributed by atoms with Gasteiger partial charge in [-0.15, -0.1) is 0 Å². The first kappa shape index (κ1) is 23.2. The van der Waals surface area contributed by atoms with E-state index in [2.05, 4.69) is 37.5 Å². The molecule has 0 aliphatic carbocycles. The van der Waals surface area contributed by atoms with Gasteiger partial charge in [0.1, 0.15) is 0 Å². The second kappa shape index (κ2) is 18.5. The molecule has 23 heavy (non-hydrogen) atoms. The van der Waals surface area contributed by atoms with Crippen LogP contribution in [0, 0.1) is 0 Å². The molecule has 0 saturated heterocycles. The molecule has 4 heteroatoms. The molecule has 0 saturated carbocycles. The number of carbonyl (C=O) groups excluding carboxylic acids is 1. The largest absolute Gasteiger partial charge is 0.352 e. The van der Waals surface area contributed by atoms with Crippen molar-refractivity contribution in [2.45, 2.75) is 103 Å². The second-order valence-corrected chi connectivity index (χ2v) is 7.35. The van der Waals surface area contributed by atoms with Crippen LogP contribution in [0.4, 0.5) is 0 Å². The Morgan fingerprint density at radius 1 is 0.739 bits per heavy atom. The Morgan fingerprint density at radius 2 is 1.13 bits per heavy atom. The number of carbonyl (C=O) groups is 1. The summed E-state index contributed by atoms with van der Waals surface area (Å²) in [5.41, 5.74) is 0. The van der Waals surface area contributed by atoms with Crippen molar-refractivity contribution < 1.29 is 4.79 Å². The van der Waals surface area contributed by atoms with Crippen molar-refractivity contribution in [2.75, 3.05) is 11.5 Å². The molecule has 0 heterocycles. The van der Waals surface area contributed by atoms with Crippen LogP contribution in [0.15, 0.2) is 0 Å². The number of hydrogen-bond donors (Lipinski definition) is 3. The SMILES string of the molecule is CCCCCCCCCCCCCCCC(=O)NC(CS)CS. The van der Waals surface area contributed by atoms with Gasteiger partial charge >= 0.3 is 0 Å². The van der Waals surface area contributed by atoms with Gasteiger partial charge in [0, 0.05) is 24.0 Å². The lowest BCUT2D eigenvalue weighted by molar-refractivity contribution is -0.121. The van der Waals surface area contributed by atoms with Crippen LogP contribution in [0.5, 0.6) is 0 Å². The molecule has 0 aliphatic heterocycles. The van der Waals surface area contributed by atoms with E-state index in [4.69, 9.17) is 0 Å². The number of rotatable bonds is 17. The van der Waals surface area contributed by atoms with Gasteiger partial charge in [0.25, 0.3) is 0 Å². The Balaban J connectivity index is 3.20. The molecule has 1 amide bonds. The molecule has 0 bridgehead atoms. The lowest BCUT2D eigenvalue weighted by Crippen LogP contribution is -2.37. The van der Waals surface area contributed by atoms with Crippen LogP contribution in [-0.2, 0) is 4.79 Å². The fraction of sp³-hybridized carbons (Fsp3) is 0.947. The third-order valence-corrected chi connectivity index (χ3v) is 5.19. The van der Waals surface area contributed by atoms with Crippen molar-refractivity contribution in [1.82, 2.24) is 5.32 Å². The van der Waals surface area contributed by atoms with E-state index in [1.54, 1.807) is 0 Å². The highest BCUT2D eigenvalue weighted by atomic mass is 32.1. The van der Waals surface area contributed by atoms with Crippen molar-refractivity contribution in [1.29, 1.82) is 0 Å². The zero-order valence-corrected chi connectivity index (χ0v) is 17.0. The monoisotopic (exact) mass is 361 g/mol. The van der Waals surface area contributed by atoms with Gasteiger partial charge in [0.15, 0.2) is 0 Å². The molecule has 0 aromatic heterocycles. The highest BCUT2D eigenvalue weighted by Crippen LogP contribution is 2.12. The van der Waals surface area contributed by atoms with Gasteiger partial charge in [-0.1, -0.05) is 84.0 Å². The Labute approximate surface area is 155 Å². The van der Waals surface area contributed by atoms with Crippen molar-refractivity contribution in [3.05, 3.63) is 0 Å². The molecule has 0 atom stereocenters. The minimum Gasteiger partial charge on any atom is -0.352 e. The summed E-state index contributed by atoms with van der Waals surface area (Å²) in [6.45, 7) is 2.27. The summed E-state index contributed by atoms with van der Waals surface area (Å²) < 4.78 is 0. The normalized spacial score (nSPS) is 11.1. The van der Waals surface area contributed by atoms with Crippen molar-refractivity contribution in [2.24, 2.45) is 0 Å². The number of thiol groups is 2. The van der Waals surface area contributed by atoms with Crippen LogP contribution in [0.3, 0.4) is 0 Å². The summed E-state index contributed by atoms with van der Waals surface area (Å²) >= 11 is 8.40. The highest BCUT2D eigenvalue weighted by Gasteiger charge is 2.08. The fourth-order valence-electron chi connectivity index (χ4n) is 2.75. The minimum atomic E-state index is 0.108. The van der Waals surface area contributed by atoms with Gasteiger partial charge in [-0.25, -0.2) is 0 Å². The maximum Gasteiger partial charge on any atom is 0.220 e. The summed E-state index contributed by atoms with van der Waals surface area (Å²) in [6, 6.07) is 0.108. The molecule has 138 valence electrons. The van der Waals surface area contributed by atoms with Gasteiger partial charge in [-0.05, 0) is 6.42 Å². The Hall–Kier alpha value is 0.170. The number of unbranched alkanes of at least 4 members (excludes halogenated alkanes) is 12. The molecule has 1 N–H and O–H groups in total. The van der Waals surface area contributed by atoms with E-state index in [-0.39, 0.29) is 11.9 Å². The lowest BCUT2D eigenvalue weighted by atomic mass is 10.0. The second-order valence-electron chi connectivity index (χ2n) is 6.62. The van der Waals surface area contributed by atoms with Crippen LogP contribution >= 0.6 is 25.3 Å². The zero-order chi connectivity index (χ0) is 17.2. The standard InChI is InChI=1S/C19H39NOS2/c1-2-3-4-5-6-7-8-9-10-11-12-13-14-15-19(21)20-18(16-22)17-23/h18,22-23H,2-17H2,1H3,(H,20,21). The molecule has 0 spiro atoms. The first-order valence-electron chi connectivity index (χ1n) is 9.75. The van der Waals surface area contributed by atoms with E-state index in [0.29, 0.717) is 17.9 Å². The Bertz CT molecular complexity index is 258. The maximum absolute atomic E-state index is 11.7. The van der Waals surface area contributed by atoms with E-state index in [0.717, 1.165) is 6.42 Å². The van der Waals surface area contributed by atoms with Gasteiger partial charge < -0.3 is 5.32 Å². The fourth-order valence-corrected chi connectivity index (χ4v) is 3.40. The summed E-state index contributed by atoms with van der Waals surface area (Å²) in [7, 11) is 0. The summed E-state index contributed by atoms with van der Waals surface area (Å²) in [5.74, 6) is 1.47. The molecule has 0 radical (unpaired) electrons. The van der Waals surface area contributed by atoms with Gasteiger partial charge in [0.2, 0.25) is 5.91 Å². The minimum absolute atomic E-state index is 0.108. The highest BCUT2D eigenvalue weighted by molar-refractivity contribution is 7.81. The third kappa shape index (κ3) is 16.8. The molecular formula is C19H39NOS2. The van der Waals surface area contributed by atoms with Crippen LogP contribution in [0.1, 0.15) is 96.8 Å². The number of nitrogens with one attached hydrogen (secondary N) is 1. The van der Waals surface area contributed by atoms with E-state index in [1.165, 1.54) is 77.0 Å². The average molecular weight is 362 g/mol.